The summed E-state index contributed by atoms with van der Waals surface area (Å²) >= 11 is 5.71. The smallest absolute Gasteiger partial charge is 0.358 e. The zero-order chi connectivity index (χ0) is 9.14. The second-order valence-electron chi connectivity index (χ2n) is 2.27. The maximum Gasteiger partial charge on any atom is 0.358 e. The molecule has 0 aliphatic heterocycles. The van der Waals surface area contributed by atoms with Crippen LogP contribution in [0.1, 0.15) is 16.2 Å². The summed E-state index contributed by atoms with van der Waals surface area (Å²) in [4.78, 5) is 15.0. The van der Waals surface area contributed by atoms with E-state index in [0.29, 0.717) is 5.02 Å². The molecule has 0 radical (unpaired) electrons. The number of carbonyl (C=O) groups excluding carboxylic acids is 1. The van der Waals surface area contributed by atoms with Crippen LogP contribution < -0.4 is 0 Å². The molecule has 0 bridgehead atoms. The maximum absolute atomic E-state index is 11.0. The maximum atomic E-state index is 11.0. The first-order chi connectivity index (χ1) is 5.65. The Balaban J connectivity index is 3.13. The standard InChI is InChI=1S/C8H8ClNO2/c1-5-3-4-6(9)7(10-5)8(11)12-2/h3-4H,1-2H3. The Morgan fingerprint density at radius 2 is 2.25 bits per heavy atom. The first-order valence-electron chi connectivity index (χ1n) is 3.36. The van der Waals surface area contributed by atoms with Crippen LogP contribution in [0.25, 0.3) is 0 Å². The van der Waals surface area contributed by atoms with Crippen molar-refractivity contribution in [1.82, 2.24) is 4.98 Å². The van der Waals surface area contributed by atoms with Gasteiger partial charge in [-0.15, -0.1) is 0 Å². The van der Waals surface area contributed by atoms with Crippen LogP contribution in [-0.4, -0.2) is 18.1 Å². The van der Waals surface area contributed by atoms with E-state index in [9.17, 15) is 4.79 Å². The van der Waals surface area contributed by atoms with E-state index in [1.165, 1.54) is 7.11 Å². The molecule has 1 rings (SSSR count). The van der Waals surface area contributed by atoms with Gasteiger partial charge >= 0.3 is 5.97 Å². The summed E-state index contributed by atoms with van der Waals surface area (Å²) in [5, 5.41) is 0.312. The van der Waals surface area contributed by atoms with Crippen LogP contribution >= 0.6 is 11.6 Å². The molecule has 0 atom stereocenters. The fourth-order valence-corrected chi connectivity index (χ4v) is 0.962. The van der Waals surface area contributed by atoms with Crippen LogP contribution in [-0.2, 0) is 4.74 Å². The number of hydrogen-bond acceptors (Lipinski definition) is 3. The zero-order valence-corrected chi connectivity index (χ0v) is 7.55. The molecule has 0 saturated heterocycles. The topological polar surface area (TPSA) is 39.2 Å². The van der Waals surface area contributed by atoms with E-state index in [-0.39, 0.29) is 5.69 Å². The molecule has 0 unspecified atom stereocenters. The monoisotopic (exact) mass is 185 g/mol. The molecule has 0 fully saturated rings. The van der Waals surface area contributed by atoms with Gasteiger partial charge in [-0.1, -0.05) is 11.6 Å². The predicted octanol–water partition coefficient (Wildman–Crippen LogP) is 1.83. The number of methoxy groups -OCH3 is 1. The van der Waals surface area contributed by atoms with Crippen LogP contribution in [0.5, 0.6) is 0 Å². The SMILES string of the molecule is COC(=O)c1nc(C)ccc1Cl. The highest BCUT2D eigenvalue weighted by atomic mass is 35.5. The number of halogens is 1. The van der Waals surface area contributed by atoms with Crippen molar-refractivity contribution < 1.29 is 9.53 Å². The number of aryl methyl sites for hydroxylation is 1. The Labute approximate surface area is 75.3 Å². The highest BCUT2D eigenvalue weighted by Crippen LogP contribution is 2.14. The molecule has 12 heavy (non-hydrogen) atoms. The zero-order valence-electron chi connectivity index (χ0n) is 6.80. The normalized spacial score (nSPS) is 9.58. The van der Waals surface area contributed by atoms with Gasteiger partial charge in [-0.3, -0.25) is 0 Å². The highest BCUT2D eigenvalue weighted by molar-refractivity contribution is 6.33. The molecule has 1 heterocycles. The van der Waals surface area contributed by atoms with E-state index in [1.54, 1.807) is 19.1 Å². The fraction of sp³-hybridized carbons (Fsp3) is 0.250. The summed E-state index contributed by atoms with van der Waals surface area (Å²) < 4.78 is 4.49. The number of ether oxygens (including phenoxy) is 1. The number of nitrogens with zero attached hydrogens (tertiary/aromatic N) is 1. The van der Waals surface area contributed by atoms with Crippen LogP contribution in [0.4, 0.5) is 0 Å². The van der Waals surface area contributed by atoms with Gasteiger partial charge in [-0.05, 0) is 19.1 Å². The van der Waals surface area contributed by atoms with Gasteiger partial charge in [-0.25, -0.2) is 9.78 Å². The van der Waals surface area contributed by atoms with Gasteiger partial charge in [0.15, 0.2) is 5.69 Å². The molecule has 64 valence electrons. The number of rotatable bonds is 1. The molecular weight excluding hydrogens is 178 g/mol. The van der Waals surface area contributed by atoms with E-state index in [1.807, 2.05) is 0 Å². The molecule has 0 aromatic carbocycles. The molecule has 0 aliphatic rings. The Kier molecular flexibility index (Phi) is 2.65. The summed E-state index contributed by atoms with van der Waals surface area (Å²) in [6.07, 6.45) is 0. The van der Waals surface area contributed by atoms with E-state index in [4.69, 9.17) is 11.6 Å². The lowest BCUT2D eigenvalue weighted by Gasteiger charge is -2.01. The molecule has 0 saturated carbocycles. The minimum absolute atomic E-state index is 0.166. The van der Waals surface area contributed by atoms with Gasteiger partial charge in [-0.2, -0.15) is 0 Å². The van der Waals surface area contributed by atoms with Crippen LogP contribution in [0, 0.1) is 6.92 Å². The average molecular weight is 186 g/mol. The van der Waals surface area contributed by atoms with Crippen LogP contribution in [0.3, 0.4) is 0 Å². The third kappa shape index (κ3) is 1.74. The molecule has 0 aliphatic carbocycles. The molecule has 1 aromatic heterocycles. The van der Waals surface area contributed by atoms with Crippen molar-refractivity contribution in [2.45, 2.75) is 6.92 Å². The number of aromatic nitrogens is 1. The van der Waals surface area contributed by atoms with Gasteiger partial charge in [0.1, 0.15) is 0 Å². The largest absolute Gasteiger partial charge is 0.464 e. The molecule has 0 amide bonds. The number of hydrogen-bond donors (Lipinski definition) is 0. The van der Waals surface area contributed by atoms with E-state index < -0.39 is 5.97 Å². The lowest BCUT2D eigenvalue weighted by atomic mass is 10.3. The Hall–Kier alpha value is -1.09. The minimum Gasteiger partial charge on any atom is -0.464 e. The van der Waals surface area contributed by atoms with Crippen molar-refractivity contribution in [3.8, 4) is 0 Å². The minimum atomic E-state index is -0.510. The number of esters is 1. The quantitative estimate of drug-likeness (QED) is 0.627. The first kappa shape index (κ1) is 9.00. The van der Waals surface area contributed by atoms with E-state index in [0.717, 1.165) is 5.69 Å². The molecule has 1 aromatic rings. The van der Waals surface area contributed by atoms with Crippen molar-refractivity contribution >= 4 is 17.6 Å². The van der Waals surface area contributed by atoms with Crippen molar-refractivity contribution in [2.24, 2.45) is 0 Å². The summed E-state index contributed by atoms with van der Waals surface area (Å²) in [5.41, 5.74) is 0.902. The molecule has 0 spiro atoms. The Bertz CT molecular complexity index is 312. The highest BCUT2D eigenvalue weighted by Gasteiger charge is 2.11. The third-order valence-electron chi connectivity index (χ3n) is 1.36. The summed E-state index contributed by atoms with van der Waals surface area (Å²) in [5.74, 6) is -0.510. The summed E-state index contributed by atoms with van der Waals surface area (Å²) in [7, 11) is 1.29. The third-order valence-corrected chi connectivity index (χ3v) is 1.67. The van der Waals surface area contributed by atoms with Gasteiger partial charge in [0, 0.05) is 5.69 Å². The van der Waals surface area contributed by atoms with Gasteiger partial charge in [0.2, 0.25) is 0 Å². The van der Waals surface area contributed by atoms with Gasteiger partial charge < -0.3 is 4.74 Å². The fourth-order valence-electron chi connectivity index (χ4n) is 0.780. The average Bonchev–Trinajstić information content (AvgIpc) is 2.08. The van der Waals surface area contributed by atoms with Gasteiger partial charge in [0.05, 0.1) is 12.1 Å². The number of carbonyl (C=O) groups is 1. The molecule has 0 N–H and O–H groups in total. The number of pyridine rings is 1. The van der Waals surface area contributed by atoms with Crippen LogP contribution in [0.15, 0.2) is 12.1 Å². The Morgan fingerprint density at radius 1 is 1.58 bits per heavy atom. The van der Waals surface area contributed by atoms with Crippen molar-refractivity contribution in [1.29, 1.82) is 0 Å². The summed E-state index contributed by atoms with van der Waals surface area (Å²) in [6.45, 7) is 1.78. The second-order valence-corrected chi connectivity index (χ2v) is 2.68. The molecule has 3 nitrogen and oxygen atoms in total. The molecule has 4 heteroatoms. The lowest BCUT2D eigenvalue weighted by molar-refractivity contribution is 0.0594. The van der Waals surface area contributed by atoms with Crippen LogP contribution in [0.2, 0.25) is 5.02 Å². The van der Waals surface area contributed by atoms with E-state index in [2.05, 4.69) is 9.72 Å². The Morgan fingerprint density at radius 3 is 2.83 bits per heavy atom. The van der Waals surface area contributed by atoms with E-state index >= 15 is 0 Å². The predicted molar refractivity (Wildman–Crippen MR) is 45.3 cm³/mol. The second kappa shape index (κ2) is 3.54. The lowest BCUT2D eigenvalue weighted by Crippen LogP contribution is -2.05. The molecular formula is C8H8ClNO2. The van der Waals surface area contributed by atoms with Gasteiger partial charge in [0.25, 0.3) is 0 Å². The van der Waals surface area contributed by atoms with Crippen molar-refractivity contribution in [3.05, 3.63) is 28.5 Å². The summed E-state index contributed by atoms with van der Waals surface area (Å²) in [6, 6.07) is 3.35. The first-order valence-corrected chi connectivity index (χ1v) is 3.74. The van der Waals surface area contributed by atoms with Crippen molar-refractivity contribution in [2.75, 3.05) is 7.11 Å². The van der Waals surface area contributed by atoms with Crippen molar-refractivity contribution in [3.63, 3.8) is 0 Å².